The van der Waals surface area contributed by atoms with Crippen molar-refractivity contribution in [3.8, 4) is 0 Å². The van der Waals surface area contributed by atoms with Crippen molar-refractivity contribution in [1.82, 2.24) is 9.80 Å². The Morgan fingerprint density at radius 1 is 1.00 bits per heavy atom. The summed E-state index contributed by atoms with van der Waals surface area (Å²) in [6.45, 7) is 4.78. The van der Waals surface area contributed by atoms with Gasteiger partial charge in [-0.3, -0.25) is 19.4 Å². The molecule has 0 atom stereocenters. The summed E-state index contributed by atoms with van der Waals surface area (Å²) >= 11 is 5.22. The van der Waals surface area contributed by atoms with E-state index in [1.54, 1.807) is 0 Å². The van der Waals surface area contributed by atoms with Crippen LogP contribution in [0.3, 0.4) is 0 Å². The number of allylic oxidation sites excluding steroid dienone is 1. The highest BCUT2D eigenvalue weighted by atomic mass is 32.1. The summed E-state index contributed by atoms with van der Waals surface area (Å²) in [5.41, 5.74) is 1.40. The molecule has 0 aromatic carbocycles. The summed E-state index contributed by atoms with van der Waals surface area (Å²) in [5.74, 6) is -0.400. The van der Waals surface area contributed by atoms with Gasteiger partial charge in [-0.15, -0.1) is 0 Å². The minimum atomic E-state index is -0.200. The van der Waals surface area contributed by atoms with Crippen LogP contribution in [0, 0.1) is 0 Å². The van der Waals surface area contributed by atoms with Gasteiger partial charge < -0.3 is 0 Å². The molecule has 0 aromatic heterocycles. The van der Waals surface area contributed by atoms with Crippen LogP contribution in [-0.4, -0.2) is 39.8 Å². The van der Waals surface area contributed by atoms with Gasteiger partial charge in [-0.25, -0.2) is 0 Å². The molecule has 2 fully saturated rings. The molecule has 1 aliphatic heterocycles. The summed E-state index contributed by atoms with van der Waals surface area (Å²) in [6, 6.07) is 0. The molecule has 4 nitrogen and oxygen atoms in total. The standard InChI is InChI=1S/C13H18N2O2S/c1-3-14-11(16)10(9-7-5-6-8-9)12(17)15(4-2)13(14)18/h3-8H2,1-2H3. The molecule has 0 radical (unpaired) electrons. The highest BCUT2D eigenvalue weighted by molar-refractivity contribution is 7.80. The van der Waals surface area contributed by atoms with E-state index in [-0.39, 0.29) is 11.8 Å². The van der Waals surface area contributed by atoms with Crippen LogP contribution in [0.5, 0.6) is 0 Å². The number of carbonyl (C=O) groups is 2. The van der Waals surface area contributed by atoms with E-state index in [0.29, 0.717) is 23.8 Å². The molecule has 0 spiro atoms. The maximum atomic E-state index is 12.4. The van der Waals surface area contributed by atoms with Crippen molar-refractivity contribution in [2.75, 3.05) is 13.1 Å². The molecule has 0 bridgehead atoms. The number of hydrogen-bond acceptors (Lipinski definition) is 3. The van der Waals surface area contributed by atoms with E-state index in [4.69, 9.17) is 12.2 Å². The van der Waals surface area contributed by atoms with Gasteiger partial charge in [0.15, 0.2) is 5.11 Å². The molecule has 1 aliphatic carbocycles. The normalized spacial score (nSPS) is 21.3. The largest absolute Gasteiger partial charge is 0.285 e. The third-order valence-electron chi connectivity index (χ3n) is 3.57. The van der Waals surface area contributed by atoms with Gasteiger partial charge in [0.2, 0.25) is 0 Å². The van der Waals surface area contributed by atoms with Gasteiger partial charge in [-0.05, 0) is 51.7 Å². The van der Waals surface area contributed by atoms with Crippen molar-refractivity contribution in [3.05, 3.63) is 11.1 Å². The maximum Gasteiger partial charge on any atom is 0.265 e. The maximum absolute atomic E-state index is 12.4. The van der Waals surface area contributed by atoms with Gasteiger partial charge in [0.05, 0.1) is 0 Å². The Labute approximate surface area is 113 Å². The fourth-order valence-electron chi connectivity index (χ4n) is 2.59. The molecule has 2 rings (SSSR count). The van der Waals surface area contributed by atoms with Crippen LogP contribution in [0.1, 0.15) is 39.5 Å². The average Bonchev–Trinajstić information content (AvgIpc) is 2.83. The lowest BCUT2D eigenvalue weighted by atomic mass is 10.0. The second-order valence-electron chi connectivity index (χ2n) is 4.57. The molecule has 98 valence electrons. The molecule has 0 unspecified atom stereocenters. The van der Waals surface area contributed by atoms with Gasteiger partial charge in [-0.2, -0.15) is 0 Å². The Balaban J connectivity index is 2.45. The molecular formula is C13H18N2O2S. The van der Waals surface area contributed by atoms with Gasteiger partial charge in [0, 0.05) is 13.1 Å². The zero-order valence-electron chi connectivity index (χ0n) is 10.9. The van der Waals surface area contributed by atoms with Crippen LogP contribution in [0.2, 0.25) is 0 Å². The minimum Gasteiger partial charge on any atom is -0.285 e. The van der Waals surface area contributed by atoms with Crippen molar-refractivity contribution >= 4 is 29.1 Å². The van der Waals surface area contributed by atoms with Gasteiger partial charge >= 0.3 is 0 Å². The zero-order chi connectivity index (χ0) is 13.3. The first-order chi connectivity index (χ1) is 8.61. The topological polar surface area (TPSA) is 40.6 Å². The van der Waals surface area contributed by atoms with E-state index in [2.05, 4.69) is 0 Å². The molecule has 18 heavy (non-hydrogen) atoms. The fraction of sp³-hybridized carbons (Fsp3) is 0.615. The Hall–Kier alpha value is -1.23. The van der Waals surface area contributed by atoms with E-state index < -0.39 is 0 Å². The number of rotatable bonds is 2. The lowest BCUT2D eigenvalue weighted by Crippen LogP contribution is -2.56. The van der Waals surface area contributed by atoms with Gasteiger partial charge in [0.1, 0.15) is 5.57 Å². The second kappa shape index (κ2) is 5.18. The Morgan fingerprint density at radius 2 is 1.44 bits per heavy atom. The van der Waals surface area contributed by atoms with E-state index in [1.807, 2.05) is 13.8 Å². The lowest BCUT2D eigenvalue weighted by Gasteiger charge is -2.36. The monoisotopic (exact) mass is 266 g/mol. The number of hydrogen-bond donors (Lipinski definition) is 0. The summed E-state index contributed by atoms with van der Waals surface area (Å²) in [4.78, 5) is 27.8. The number of carbonyl (C=O) groups excluding carboxylic acids is 2. The fourth-order valence-corrected chi connectivity index (χ4v) is 3.02. The molecule has 1 saturated heterocycles. The quantitative estimate of drug-likeness (QED) is 0.435. The first-order valence-corrected chi connectivity index (χ1v) is 6.92. The molecule has 2 amide bonds. The Morgan fingerprint density at radius 3 is 1.83 bits per heavy atom. The highest BCUT2D eigenvalue weighted by Gasteiger charge is 2.39. The summed E-state index contributed by atoms with van der Waals surface area (Å²) in [7, 11) is 0. The average molecular weight is 266 g/mol. The van der Waals surface area contributed by atoms with Crippen LogP contribution >= 0.6 is 12.2 Å². The molecular weight excluding hydrogens is 248 g/mol. The second-order valence-corrected chi connectivity index (χ2v) is 4.93. The van der Waals surface area contributed by atoms with Gasteiger partial charge in [-0.1, -0.05) is 5.57 Å². The van der Waals surface area contributed by atoms with Crippen molar-refractivity contribution < 1.29 is 9.59 Å². The van der Waals surface area contributed by atoms with Crippen molar-refractivity contribution in [2.45, 2.75) is 39.5 Å². The third kappa shape index (κ3) is 1.96. The molecule has 1 heterocycles. The lowest BCUT2D eigenvalue weighted by molar-refractivity contribution is -0.133. The van der Waals surface area contributed by atoms with Crippen molar-refractivity contribution in [2.24, 2.45) is 0 Å². The summed E-state index contributed by atoms with van der Waals surface area (Å²) in [5, 5.41) is 0.345. The number of amides is 2. The summed E-state index contributed by atoms with van der Waals surface area (Å²) < 4.78 is 0. The number of likely N-dealkylation sites (N-methyl/N-ethyl adjacent to an activating group) is 2. The minimum absolute atomic E-state index is 0.200. The number of nitrogens with zero attached hydrogens (tertiary/aromatic N) is 2. The SMILES string of the molecule is CCN1C(=O)C(=C2CCCC2)C(=O)N(CC)C1=S. The molecule has 0 N–H and O–H groups in total. The van der Waals surface area contributed by atoms with E-state index in [1.165, 1.54) is 9.80 Å². The number of thiocarbonyl (C=S) groups is 1. The predicted octanol–water partition coefficient (Wildman–Crippen LogP) is 1.85. The highest BCUT2D eigenvalue weighted by Crippen LogP contribution is 2.30. The van der Waals surface area contributed by atoms with Crippen LogP contribution in [0.25, 0.3) is 0 Å². The summed E-state index contributed by atoms with van der Waals surface area (Å²) in [6.07, 6.45) is 3.88. The van der Waals surface area contributed by atoms with E-state index in [9.17, 15) is 9.59 Å². The molecule has 0 aromatic rings. The molecule has 2 aliphatic rings. The van der Waals surface area contributed by atoms with Crippen LogP contribution in [0.15, 0.2) is 11.1 Å². The first-order valence-electron chi connectivity index (χ1n) is 6.51. The van der Waals surface area contributed by atoms with Crippen molar-refractivity contribution in [1.29, 1.82) is 0 Å². The van der Waals surface area contributed by atoms with E-state index >= 15 is 0 Å². The zero-order valence-corrected chi connectivity index (χ0v) is 11.7. The van der Waals surface area contributed by atoms with Crippen LogP contribution in [-0.2, 0) is 9.59 Å². The predicted molar refractivity (Wildman–Crippen MR) is 72.9 cm³/mol. The van der Waals surface area contributed by atoms with Crippen LogP contribution < -0.4 is 0 Å². The van der Waals surface area contributed by atoms with Crippen LogP contribution in [0.4, 0.5) is 0 Å². The first kappa shape index (κ1) is 13.2. The van der Waals surface area contributed by atoms with Crippen molar-refractivity contribution in [3.63, 3.8) is 0 Å². The third-order valence-corrected chi connectivity index (χ3v) is 4.01. The molecule has 1 saturated carbocycles. The Kier molecular flexibility index (Phi) is 3.80. The molecule has 5 heteroatoms. The van der Waals surface area contributed by atoms with E-state index in [0.717, 1.165) is 31.3 Å². The smallest absolute Gasteiger partial charge is 0.265 e. The Bertz CT molecular complexity index is 406. The van der Waals surface area contributed by atoms with Gasteiger partial charge in [0.25, 0.3) is 11.8 Å².